The van der Waals surface area contributed by atoms with Crippen molar-refractivity contribution in [3.8, 4) is 11.5 Å². The van der Waals surface area contributed by atoms with E-state index in [0.29, 0.717) is 17.9 Å². The van der Waals surface area contributed by atoms with E-state index >= 15 is 0 Å². The van der Waals surface area contributed by atoms with Crippen LogP contribution in [0, 0.1) is 0 Å². The van der Waals surface area contributed by atoms with Crippen LogP contribution in [0.4, 0.5) is 0 Å². The summed E-state index contributed by atoms with van der Waals surface area (Å²) in [7, 11) is 0. The summed E-state index contributed by atoms with van der Waals surface area (Å²) in [6.07, 6.45) is 1.15. The molecule has 1 aromatic carbocycles. The van der Waals surface area contributed by atoms with Gasteiger partial charge in [0, 0.05) is 5.56 Å². The average molecular weight is 181 g/mol. The van der Waals surface area contributed by atoms with Gasteiger partial charge in [-0.25, -0.2) is 0 Å². The normalized spacial score (nSPS) is 10.5. The van der Waals surface area contributed by atoms with Gasteiger partial charge in [0.25, 0.3) is 0 Å². The number of ether oxygens (including phenoxy) is 1. The van der Waals surface area contributed by atoms with Crippen molar-refractivity contribution in [1.29, 1.82) is 0 Å². The molecule has 4 nitrogen and oxygen atoms in total. The van der Waals surface area contributed by atoms with Crippen LogP contribution < -0.4 is 4.74 Å². The first kappa shape index (κ1) is 9.38. The maximum atomic E-state index is 9.52. The lowest BCUT2D eigenvalue weighted by Crippen LogP contribution is -1.93. The summed E-state index contributed by atoms with van der Waals surface area (Å²) >= 11 is 0. The number of aromatic hydroxyl groups is 1. The van der Waals surface area contributed by atoms with Crippen molar-refractivity contribution < 1.29 is 15.1 Å². The Hall–Kier alpha value is -1.71. The lowest BCUT2D eigenvalue weighted by molar-refractivity contribution is 0.316. The molecule has 0 aliphatic carbocycles. The summed E-state index contributed by atoms with van der Waals surface area (Å²) in [6.45, 7) is 2.31. The van der Waals surface area contributed by atoms with Gasteiger partial charge < -0.3 is 15.1 Å². The standard InChI is InChI=1S/C9H11NO3/c1-2-13-8-5-3-4-7(6-10-12)9(8)11/h3-6,11-12H,2H2,1H3/b10-6-. The summed E-state index contributed by atoms with van der Waals surface area (Å²) in [5.74, 6) is 0.377. The number of phenolic OH excluding ortho intramolecular Hbond substituents is 1. The minimum Gasteiger partial charge on any atom is -0.504 e. The number of oxime groups is 1. The third-order valence-electron chi connectivity index (χ3n) is 1.53. The molecule has 13 heavy (non-hydrogen) atoms. The Morgan fingerprint density at radius 2 is 2.31 bits per heavy atom. The second kappa shape index (κ2) is 4.35. The monoisotopic (exact) mass is 181 g/mol. The van der Waals surface area contributed by atoms with E-state index < -0.39 is 0 Å². The lowest BCUT2D eigenvalue weighted by Gasteiger charge is -2.06. The number of rotatable bonds is 3. The predicted molar refractivity (Wildman–Crippen MR) is 48.7 cm³/mol. The van der Waals surface area contributed by atoms with Crippen LogP contribution in [-0.2, 0) is 0 Å². The number of hydrogen-bond acceptors (Lipinski definition) is 4. The molecular weight excluding hydrogens is 170 g/mol. The Morgan fingerprint density at radius 1 is 1.54 bits per heavy atom. The molecule has 0 bridgehead atoms. The highest BCUT2D eigenvalue weighted by Crippen LogP contribution is 2.28. The van der Waals surface area contributed by atoms with E-state index in [2.05, 4.69) is 5.16 Å². The van der Waals surface area contributed by atoms with Crippen molar-refractivity contribution in [2.24, 2.45) is 5.16 Å². The van der Waals surface area contributed by atoms with E-state index in [0.717, 1.165) is 6.21 Å². The fraction of sp³-hybridized carbons (Fsp3) is 0.222. The van der Waals surface area contributed by atoms with E-state index in [9.17, 15) is 5.11 Å². The fourth-order valence-corrected chi connectivity index (χ4v) is 0.978. The van der Waals surface area contributed by atoms with Crippen LogP contribution in [0.3, 0.4) is 0 Å². The highest BCUT2D eigenvalue weighted by atomic mass is 16.5. The minimum absolute atomic E-state index is 0.0119. The van der Waals surface area contributed by atoms with Gasteiger partial charge in [-0.15, -0.1) is 0 Å². The Kier molecular flexibility index (Phi) is 3.14. The average Bonchev–Trinajstić information content (AvgIpc) is 2.13. The Morgan fingerprint density at radius 3 is 2.92 bits per heavy atom. The number of para-hydroxylation sites is 1. The largest absolute Gasteiger partial charge is 0.504 e. The van der Waals surface area contributed by atoms with Crippen LogP contribution in [0.2, 0.25) is 0 Å². The molecule has 1 aromatic rings. The van der Waals surface area contributed by atoms with Gasteiger partial charge in [0.1, 0.15) is 0 Å². The molecule has 0 aliphatic rings. The third-order valence-corrected chi connectivity index (χ3v) is 1.53. The van der Waals surface area contributed by atoms with Gasteiger partial charge in [-0.3, -0.25) is 0 Å². The van der Waals surface area contributed by atoms with Gasteiger partial charge in [0.05, 0.1) is 12.8 Å². The topological polar surface area (TPSA) is 62.0 Å². The molecule has 4 heteroatoms. The summed E-state index contributed by atoms with van der Waals surface area (Å²) in [4.78, 5) is 0. The molecule has 0 aromatic heterocycles. The van der Waals surface area contributed by atoms with Crippen LogP contribution >= 0.6 is 0 Å². The molecule has 1 rings (SSSR count). The van der Waals surface area contributed by atoms with Crippen LogP contribution in [0.15, 0.2) is 23.4 Å². The molecular formula is C9H11NO3. The number of phenols is 1. The first-order valence-corrected chi connectivity index (χ1v) is 3.91. The maximum Gasteiger partial charge on any atom is 0.166 e. The zero-order valence-corrected chi connectivity index (χ0v) is 7.27. The Bertz CT molecular complexity index is 310. The van der Waals surface area contributed by atoms with Gasteiger partial charge in [-0.1, -0.05) is 11.2 Å². The molecule has 0 spiro atoms. The first-order chi connectivity index (χ1) is 6.29. The maximum absolute atomic E-state index is 9.52. The van der Waals surface area contributed by atoms with Gasteiger partial charge >= 0.3 is 0 Å². The SMILES string of the molecule is CCOc1cccc(/C=N\O)c1O. The van der Waals surface area contributed by atoms with Crippen molar-refractivity contribution >= 4 is 6.21 Å². The summed E-state index contributed by atoms with van der Waals surface area (Å²) in [5.41, 5.74) is 0.424. The molecule has 0 heterocycles. The summed E-state index contributed by atoms with van der Waals surface area (Å²) in [6, 6.07) is 4.98. The molecule has 0 atom stereocenters. The molecule has 0 unspecified atom stereocenters. The zero-order valence-electron chi connectivity index (χ0n) is 7.27. The van der Waals surface area contributed by atoms with Gasteiger partial charge in [-0.05, 0) is 19.1 Å². The van der Waals surface area contributed by atoms with Crippen LogP contribution in [0.1, 0.15) is 12.5 Å². The number of hydrogen-bond donors (Lipinski definition) is 2. The second-order valence-electron chi connectivity index (χ2n) is 2.37. The molecule has 2 N–H and O–H groups in total. The molecule has 0 saturated heterocycles. The van der Waals surface area contributed by atoms with Crippen LogP contribution in [0.25, 0.3) is 0 Å². The van der Waals surface area contributed by atoms with E-state index in [-0.39, 0.29) is 5.75 Å². The molecule has 70 valence electrons. The predicted octanol–water partition coefficient (Wildman–Crippen LogP) is 1.60. The highest BCUT2D eigenvalue weighted by Gasteiger charge is 2.05. The molecule has 0 aliphatic heterocycles. The van der Waals surface area contributed by atoms with Crippen molar-refractivity contribution in [2.45, 2.75) is 6.92 Å². The van der Waals surface area contributed by atoms with E-state index in [1.165, 1.54) is 0 Å². The van der Waals surface area contributed by atoms with Crippen LogP contribution in [-0.4, -0.2) is 23.1 Å². The van der Waals surface area contributed by atoms with E-state index in [4.69, 9.17) is 9.94 Å². The Balaban J connectivity index is 3.03. The first-order valence-electron chi connectivity index (χ1n) is 3.91. The summed E-state index contributed by atoms with van der Waals surface area (Å²) < 4.78 is 5.13. The van der Waals surface area contributed by atoms with Gasteiger partial charge in [0.15, 0.2) is 11.5 Å². The summed E-state index contributed by atoms with van der Waals surface area (Å²) in [5, 5.41) is 20.6. The fourth-order valence-electron chi connectivity index (χ4n) is 0.978. The van der Waals surface area contributed by atoms with E-state index in [1.54, 1.807) is 18.2 Å². The van der Waals surface area contributed by atoms with Gasteiger partial charge in [0.2, 0.25) is 0 Å². The van der Waals surface area contributed by atoms with Crippen molar-refractivity contribution in [2.75, 3.05) is 6.61 Å². The molecule has 0 amide bonds. The smallest absolute Gasteiger partial charge is 0.166 e. The van der Waals surface area contributed by atoms with E-state index in [1.807, 2.05) is 6.92 Å². The third kappa shape index (κ3) is 2.11. The highest BCUT2D eigenvalue weighted by molar-refractivity contribution is 5.84. The quantitative estimate of drug-likeness (QED) is 0.423. The lowest BCUT2D eigenvalue weighted by atomic mass is 10.2. The zero-order chi connectivity index (χ0) is 9.68. The Labute approximate surface area is 76.1 Å². The minimum atomic E-state index is -0.0119. The molecule has 0 fully saturated rings. The second-order valence-corrected chi connectivity index (χ2v) is 2.37. The van der Waals surface area contributed by atoms with Crippen LogP contribution in [0.5, 0.6) is 11.5 Å². The van der Waals surface area contributed by atoms with Crippen molar-refractivity contribution in [3.63, 3.8) is 0 Å². The molecule has 0 saturated carbocycles. The van der Waals surface area contributed by atoms with Crippen molar-refractivity contribution in [1.82, 2.24) is 0 Å². The van der Waals surface area contributed by atoms with Crippen molar-refractivity contribution in [3.05, 3.63) is 23.8 Å². The molecule has 0 radical (unpaired) electrons. The number of nitrogens with zero attached hydrogens (tertiary/aromatic N) is 1. The number of benzene rings is 1. The van der Waals surface area contributed by atoms with Gasteiger partial charge in [-0.2, -0.15) is 0 Å².